The van der Waals surface area contributed by atoms with Gasteiger partial charge in [0.25, 0.3) is 5.56 Å². The smallest absolute Gasteiger partial charge is 0.416 e. The third-order valence-electron chi connectivity index (χ3n) is 9.23. The van der Waals surface area contributed by atoms with Crippen LogP contribution in [0.5, 0.6) is 5.75 Å². The van der Waals surface area contributed by atoms with Crippen molar-refractivity contribution < 1.29 is 41.4 Å². The van der Waals surface area contributed by atoms with Crippen molar-refractivity contribution in [3.05, 3.63) is 121 Å². The van der Waals surface area contributed by atoms with Crippen molar-refractivity contribution in [2.24, 2.45) is 0 Å². The van der Waals surface area contributed by atoms with E-state index in [1.807, 2.05) is 13.0 Å². The first kappa shape index (κ1) is 36.1. The number of nitrogens with zero attached hydrogens (tertiary/aromatic N) is 2. The number of halogens is 6. The number of hydrogen-bond donors (Lipinski definition) is 2. The van der Waals surface area contributed by atoms with Gasteiger partial charge in [-0.15, -0.1) is 0 Å². The van der Waals surface area contributed by atoms with E-state index in [9.17, 15) is 37.1 Å². The number of carboxylic acids is 1. The predicted octanol–water partition coefficient (Wildman–Crippen LogP) is 6.95. The van der Waals surface area contributed by atoms with E-state index in [1.165, 1.54) is 25.1 Å². The fraction of sp³-hybridized carbons (Fsp3) is 0.324. The van der Waals surface area contributed by atoms with E-state index in [0.29, 0.717) is 28.5 Å². The van der Waals surface area contributed by atoms with Crippen LogP contribution in [0.1, 0.15) is 57.4 Å². The number of nitrogens with one attached hydrogen (secondary N) is 1. The lowest BCUT2D eigenvalue weighted by atomic mass is 9.91. The summed E-state index contributed by atoms with van der Waals surface area (Å²) >= 11 is 6.64. The van der Waals surface area contributed by atoms with Crippen molar-refractivity contribution in [2.75, 3.05) is 19.6 Å². The van der Waals surface area contributed by atoms with Crippen molar-refractivity contribution in [1.82, 2.24) is 14.8 Å². The van der Waals surface area contributed by atoms with Gasteiger partial charge in [-0.1, -0.05) is 29.8 Å². The van der Waals surface area contributed by atoms with Crippen molar-refractivity contribution in [2.45, 2.75) is 57.7 Å². The Kier molecular flexibility index (Phi) is 9.97. The number of benzene rings is 3. The number of aliphatic carboxylic acids is 1. The second-order valence-electron chi connectivity index (χ2n) is 12.9. The number of pyridine rings is 1. The molecule has 8 nitrogen and oxygen atoms in total. The van der Waals surface area contributed by atoms with Gasteiger partial charge in [0.2, 0.25) is 5.91 Å². The Morgan fingerprint density at radius 1 is 1.04 bits per heavy atom. The summed E-state index contributed by atoms with van der Waals surface area (Å²) in [6.45, 7) is 3.45. The van der Waals surface area contributed by atoms with Gasteiger partial charge in [0, 0.05) is 53.6 Å². The van der Waals surface area contributed by atoms with E-state index < -0.39 is 59.7 Å². The Labute approximate surface area is 294 Å². The molecule has 0 unspecified atom stereocenters. The molecule has 4 aromatic rings. The number of rotatable bonds is 6. The molecule has 3 aromatic carbocycles. The molecular formula is C37H33ClF5N3O5. The number of ether oxygens (including phenoxy) is 1. The number of amides is 1. The van der Waals surface area contributed by atoms with Gasteiger partial charge in [-0.05, 0) is 78.4 Å². The molecule has 3 heterocycles. The molecule has 1 aromatic heterocycles. The Morgan fingerprint density at radius 3 is 2.47 bits per heavy atom. The minimum Gasteiger partial charge on any atom is -0.488 e. The van der Waals surface area contributed by atoms with E-state index in [1.54, 1.807) is 29.2 Å². The molecule has 14 heteroatoms. The molecule has 0 aliphatic carbocycles. The van der Waals surface area contributed by atoms with Gasteiger partial charge in [0.1, 0.15) is 30.4 Å². The zero-order valence-corrected chi connectivity index (χ0v) is 28.2. The SMILES string of the molecule is Cc1cc2cc(c1F)[C@@H](CC(=O)O)NC(=O)[C@@H](n1cc(CCN3CC(F)C3)c(C(F)(F)F)cc1=O)c1cc(ccc1Cl)COc1cccc(C)c1-2. The molecule has 2 N–H and O–H groups in total. The zero-order chi connectivity index (χ0) is 36.8. The molecule has 51 heavy (non-hydrogen) atoms. The third-order valence-corrected chi connectivity index (χ3v) is 9.58. The summed E-state index contributed by atoms with van der Waals surface area (Å²) in [5, 5.41) is 12.4. The first-order valence-electron chi connectivity index (χ1n) is 16.1. The highest BCUT2D eigenvalue weighted by Crippen LogP contribution is 2.39. The molecule has 2 atom stereocenters. The van der Waals surface area contributed by atoms with E-state index in [-0.39, 0.29) is 59.9 Å². The normalized spacial score (nSPS) is 18.2. The minimum atomic E-state index is -4.92. The molecule has 0 spiro atoms. The van der Waals surface area contributed by atoms with Crippen LogP contribution in [0, 0.1) is 19.7 Å². The molecule has 1 saturated heterocycles. The summed E-state index contributed by atoms with van der Waals surface area (Å²) in [4.78, 5) is 41.8. The Balaban J connectivity index is 1.56. The van der Waals surface area contributed by atoms with Crippen LogP contribution in [-0.2, 0) is 28.8 Å². The molecule has 0 radical (unpaired) electrons. The summed E-state index contributed by atoms with van der Waals surface area (Å²) in [5.74, 6) is -2.75. The number of aryl methyl sites for hydroxylation is 2. The summed E-state index contributed by atoms with van der Waals surface area (Å²) in [6.07, 6.45) is -6.08. The van der Waals surface area contributed by atoms with Gasteiger partial charge >= 0.3 is 12.1 Å². The quantitative estimate of drug-likeness (QED) is 0.209. The predicted molar refractivity (Wildman–Crippen MR) is 179 cm³/mol. The molecule has 6 rings (SSSR count). The topological polar surface area (TPSA) is 101 Å². The number of carboxylic acid groups (broad SMARTS) is 1. The average molecular weight is 730 g/mol. The number of carbonyl (C=O) groups is 2. The molecule has 2 aliphatic rings. The van der Waals surface area contributed by atoms with Gasteiger partial charge in [-0.3, -0.25) is 23.9 Å². The molecule has 4 bridgehead atoms. The van der Waals surface area contributed by atoms with Crippen LogP contribution in [0.4, 0.5) is 22.0 Å². The summed E-state index contributed by atoms with van der Waals surface area (Å²) < 4.78 is 79.1. The minimum absolute atomic E-state index is 0.00657. The van der Waals surface area contributed by atoms with Crippen LogP contribution in [0.15, 0.2) is 65.6 Å². The first-order valence-corrected chi connectivity index (χ1v) is 16.5. The van der Waals surface area contributed by atoms with Gasteiger partial charge in [-0.25, -0.2) is 8.78 Å². The lowest BCUT2D eigenvalue weighted by Crippen LogP contribution is -2.49. The maximum absolute atomic E-state index is 15.9. The Hall–Kier alpha value is -4.75. The van der Waals surface area contributed by atoms with E-state index in [4.69, 9.17) is 16.3 Å². The standard InChI is InChI=1S/C37H33ClF5N3O5/c1-19-4-3-5-30-33(19)23-10-20(2)34(40)26(12-23)29(14-32(48)49)44-36(50)35(25-11-21(18-51-30)6-7-28(25)38)46-15-22(8-9-45-16-24(39)17-45)27(13-31(46)47)37(41,42)43/h3-7,10-13,15,24,29,35H,8-9,14,16-18H2,1-2H3,(H,44,50)(H,48,49)/t29-,35+/m1/s1. The van der Waals surface area contributed by atoms with Crippen molar-refractivity contribution in [3.8, 4) is 16.9 Å². The first-order chi connectivity index (χ1) is 24.1. The largest absolute Gasteiger partial charge is 0.488 e. The number of aromatic nitrogens is 1. The van der Waals surface area contributed by atoms with Crippen LogP contribution < -0.4 is 15.6 Å². The lowest BCUT2D eigenvalue weighted by molar-refractivity contribution is -0.139. The van der Waals surface area contributed by atoms with Crippen LogP contribution in [0.3, 0.4) is 0 Å². The molecule has 268 valence electrons. The maximum Gasteiger partial charge on any atom is 0.416 e. The number of fused-ring (bicyclic) bond motifs is 6. The van der Waals surface area contributed by atoms with Gasteiger partial charge in [0.15, 0.2) is 0 Å². The van der Waals surface area contributed by atoms with E-state index in [2.05, 4.69) is 5.32 Å². The Morgan fingerprint density at radius 2 is 1.78 bits per heavy atom. The van der Waals surface area contributed by atoms with Gasteiger partial charge in [-0.2, -0.15) is 13.2 Å². The average Bonchev–Trinajstić information content (AvgIpc) is 3.03. The van der Waals surface area contributed by atoms with Crippen molar-refractivity contribution in [3.63, 3.8) is 0 Å². The second-order valence-corrected chi connectivity index (χ2v) is 13.3. The summed E-state index contributed by atoms with van der Waals surface area (Å²) in [7, 11) is 0. The molecule has 1 fully saturated rings. The Bertz CT molecular complexity index is 2080. The van der Waals surface area contributed by atoms with Crippen LogP contribution in [0.2, 0.25) is 5.02 Å². The van der Waals surface area contributed by atoms with Gasteiger partial charge < -0.3 is 15.2 Å². The number of hydrogen-bond acceptors (Lipinski definition) is 5. The van der Waals surface area contributed by atoms with E-state index >= 15 is 4.39 Å². The van der Waals surface area contributed by atoms with Crippen LogP contribution >= 0.6 is 11.6 Å². The van der Waals surface area contributed by atoms with Crippen LogP contribution in [-0.4, -0.2) is 52.3 Å². The number of likely N-dealkylation sites (tertiary alicyclic amines) is 1. The maximum atomic E-state index is 15.9. The van der Waals surface area contributed by atoms with Crippen molar-refractivity contribution in [1.29, 1.82) is 0 Å². The van der Waals surface area contributed by atoms with Crippen LogP contribution in [0.25, 0.3) is 11.1 Å². The highest BCUT2D eigenvalue weighted by molar-refractivity contribution is 6.31. The highest BCUT2D eigenvalue weighted by atomic mass is 35.5. The highest BCUT2D eigenvalue weighted by Gasteiger charge is 2.37. The number of alkyl halides is 4. The van der Waals surface area contributed by atoms with E-state index in [0.717, 1.165) is 16.3 Å². The third kappa shape index (κ3) is 7.50. The van der Waals surface area contributed by atoms with Gasteiger partial charge in [0.05, 0.1) is 18.0 Å². The molecule has 1 amide bonds. The van der Waals surface area contributed by atoms with Crippen molar-refractivity contribution >= 4 is 23.5 Å². The summed E-state index contributed by atoms with van der Waals surface area (Å²) in [6, 6.07) is 10.1. The number of carbonyl (C=O) groups excluding carboxylic acids is 1. The second kappa shape index (κ2) is 14.1. The molecular weight excluding hydrogens is 697 g/mol. The molecule has 0 saturated carbocycles. The lowest BCUT2D eigenvalue weighted by Gasteiger charge is -2.34. The monoisotopic (exact) mass is 729 g/mol. The summed E-state index contributed by atoms with van der Waals surface area (Å²) in [5.41, 5.74) is -0.328. The fourth-order valence-electron chi connectivity index (χ4n) is 6.69. The molecule has 2 aliphatic heterocycles. The fourth-order valence-corrected chi connectivity index (χ4v) is 6.91. The zero-order valence-electron chi connectivity index (χ0n) is 27.5.